The molecule has 0 N–H and O–H groups in total. The first-order valence-corrected chi connectivity index (χ1v) is 6.68. The third-order valence-electron chi connectivity index (χ3n) is 3.11. The molecule has 1 aliphatic rings. The van der Waals surface area contributed by atoms with Crippen LogP contribution in [0, 0.1) is 0 Å². The standard InChI is InChI=1S/C11H15N5OS/c1-15-3-5-16(6-4-15)11-14-9-8(18-11)10(17-2)13-7-12-9/h7H,3-6H2,1-2H3. The van der Waals surface area contributed by atoms with Crippen LogP contribution in [0.2, 0.25) is 0 Å². The lowest BCUT2D eigenvalue weighted by atomic mass is 10.3. The summed E-state index contributed by atoms with van der Waals surface area (Å²) in [6.07, 6.45) is 1.49. The molecule has 1 saturated heterocycles. The van der Waals surface area contributed by atoms with E-state index < -0.39 is 0 Å². The monoisotopic (exact) mass is 265 g/mol. The van der Waals surface area contributed by atoms with Gasteiger partial charge in [0.2, 0.25) is 5.88 Å². The number of anilines is 1. The molecule has 96 valence electrons. The van der Waals surface area contributed by atoms with Crippen molar-refractivity contribution in [1.29, 1.82) is 0 Å². The number of piperazine rings is 1. The molecule has 0 amide bonds. The summed E-state index contributed by atoms with van der Waals surface area (Å²) in [6, 6.07) is 0. The van der Waals surface area contributed by atoms with E-state index in [9.17, 15) is 0 Å². The SMILES string of the molecule is COc1ncnc2nc(N3CCN(C)CC3)sc12. The molecule has 1 fully saturated rings. The van der Waals surface area contributed by atoms with Crippen LogP contribution in [0.25, 0.3) is 10.3 Å². The van der Waals surface area contributed by atoms with E-state index in [1.54, 1.807) is 18.4 Å². The van der Waals surface area contributed by atoms with Crippen molar-refractivity contribution in [2.75, 3.05) is 45.2 Å². The van der Waals surface area contributed by atoms with Crippen molar-refractivity contribution < 1.29 is 4.74 Å². The van der Waals surface area contributed by atoms with E-state index >= 15 is 0 Å². The first-order chi connectivity index (χ1) is 8.78. The zero-order valence-corrected chi connectivity index (χ0v) is 11.3. The Kier molecular flexibility index (Phi) is 3.00. The minimum absolute atomic E-state index is 0.609. The summed E-state index contributed by atoms with van der Waals surface area (Å²) in [6.45, 7) is 4.15. The molecular formula is C11H15N5OS. The largest absolute Gasteiger partial charge is 0.480 e. The second-order valence-electron chi connectivity index (χ2n) is 4.32. The Labute approximate surface area is 109 Å². The maximum Gasteiger partial charge on any atom is 0.236 e. The van der Waals surface area contributed by atoms with Crippen LogP contribution in [0.3, 0.4) is 0 Å². The second kappa shape index (κ2) is 4.66. The summed E-state index contributed by atoms with van der Waals surface area (Å²) in [7, 11) is 3.77. The number of likely N-dealkylation sites (N-methyl/N-ethyl adjacent to an activating group) is 1. The molecular weight excluding hydrogens is 250 g/mol. The highest BCUT2D eigenvalue weighted by Crippen LogP contribution is 2.32. The molecule has 2 aromatic heterocycles. The molecule has 0 aromatic carbocycles. The fourth-order valence-corrected chi connectivity index (χ4v) is 3.04. The van der Waals surface area contributed by atoms with Gasteiger partial charge in [-0.2, -0.15) is 4.98 Å². The molecule has 0 aliphatic carbocycles. The van der Waals surface area contributed by atoms with E-state index in [2.05, 4.69) is 31.8 Å². The van der Waals surface area contributed by atoms with E-state index in [4.69, 9.17) is 4.74 Å². The predicted octanol–water partition coefficient (Wildman–Crippen LogP) is 0.847. The number of hydrogen-bond acceptors (Lipinski definition) is 7. The van der Waals surface area contributed by atoms with Gasteiger partial charge in [0.1, 0.15) is 11.0 Å². The first-order valence-electron chi connectivity index (χ1n) is 5.87. The average molecular weight is 265 g/mol. The summed E-state index contributed by atoms with van der Waals surface area (Å²) in [5.74, 6) is 0.609. The molecule has 2 aromatic rings. The van der Waals surface area contributed by atoms with Gasteiger partial charge in [0.05, 0.1) is 7.11 Å². The van der Waals surface area contributed by atoms with Gasteiger partial charge in [-0.3, -0.25) is 0 Å². The van der Waals surface area contributed by atoms with Crippen LogP contribution < -0.4 is 9.64 Å². The highest BCUT2D eigenvalue weighted by molar-refractivity contribution is 7.22. The molecule has 0 unspecified atom stereocenters. The van der Waals surface area contributed by atoms with Gasteiger partial charge >= 0.3 is 0 Å². The van der Waals surface area contributed by atoms with E-state index in [-0.39, 0.29) is 0 Å². The molecule has 0 saturated carbocycles. The lowest BCUT2D eigenvalue weighted by Gasteiger charge is -2.31. The summed E-state index contributed by atoms with van der Waals surface area (Å²) in [5, 5.41) is 1.01. The molecule has 0 spiro atoms. The van der Waals surface area contributed by atoms with Gasteiger partial charge in [0.15, 0.2) is 10.8 Å². The van der Waals surface area contributed by atoms with Crippen LogP contribution in [0.5, 0.6) is 5.88 Å². The van der Waals surface area contributed by atoms with Crippen molar-refractivity contribution in [3.05, 3.63) is 6.33 Å². The van der Waals surface area contributed by atoms with Crippen LogP contribution >= 0.6 is 11.3 Å². The Hall–Kier alpha value is -1.47. The third kappa shape index (κ3) is 1.99. The highest BCUT2D eigenvalue weighted by atomic mass is 32.1. The first kappa shape index (κ1) is 11.6. The number of rotatable bonds is 2. The summed E-state index contributed by atoms with van der Waals surface area (Å²) >= 11 is 1.60. The minimum Gasteiger partial charge on any atom is -0.480 e. The minimum atomic E-state index is 0.609. The van der Waals surface area contributed by atoms with Crippen molar-refractivity contribution >= 4 is 26.8 Å². The number of nitrogens with zero attached hydrogens (tertiary/aromatic N) is 5. The molecule has 0 bridgehead atoms. The van der Waals surface area contributed by atoms with Crippen LogP contribution in [0.1, 0.15) is 0 Å². The van der Waals surface area contributed by atoms with Gasteiger partial charge in [0, 0.05) is 26.2 Å². The predicted molar refractivity (Wildman–Crippen MR) is 71.5 cm³/mol. The van der Waals surface area contributed by atoms with Gasteiger partial charge in [-0.25, -0.2) is 9.97 Å². The Morgan fingerprint density at radius 3 is 2.72 bits per heavy atom. The third-order valence-corrected chi connectivity index (χ3v) is 4.21. The summed E-state index contributed by atoms with van der Waals surface area (Å²) < 4.78 is 6.16. The van der Waals surface area contributed by atoms with Crippen LogP contribution in [-0.2, 0) is 0 Å². The molecule has 0 atom stereocenters. The topological polar surface area (TPSA) is 54.4 Å². The van der Waals surface area contributed by atoms with Gasteiger partial charge in [-0.05, 0) is 7.05 Å². The van der Waals surface area contributed by atoms with E-state index in [0.717, 1.165) is 41.7 Å². The summed E-state index contributed by atoms with van der Waals surface area (Å²) in [4.78, 5) is 17.5. The molecule has 18 heavy (non-hydrogen) atoms. The molecule has 3 rings (SSSR count). The molecule has 1 aliphatic heterocycles. The maximum atomic E-state index is 5.24. The van der Waals surface area contributed by atoms with Gasteiger partial charge in [0.25, 0.3) is 0 Å². The molecule has 0 radical (unpaired) electrons. The number of ether oxygens (including phenoxy) is 1. The van der Waals surface area contributed by atoms with Crippen molar-refractivity contribution in [2.24, 2.45) is 0 Å². The van der Waals surface area contributed by atoms with Crippen LogP contribution in [-0.4, -0.2) is 60.2 Å². The lowest BCUT2D eigenvalue weighted by Crippen LogP contribution is -2.44. The smallest absolute Gasteiger partial charge is 0.236 e. The lowest BCUT2D eigenvalue weighted by molar-refractivity contribution is 0.313. The fraction of sp³-hybridized carbons (Fsp3) is 0.545. The van der Waals surface area contributed by atoms with Crippen LogP contribution in [0.4, 0.5) is 5.13 Å². The number of fused-ring (bicyclic) bond motifs is 1. The Morgan fingerprint density at radius 1 is 1.22 bits per heavy atom. The maximum absolute atomic E-state index is 5.24. The number of methoxy groups -OCH3 is 1. The average Bonchev–Trinajstić information content (AvgIpc) is 2.83. The Balaban J connectivity index is 1.93. The van der Waals surface area contributed by atoms with E-state index in [1.165, 1.54) is 6.33 Å². The van der Waals surface area contributed by atoms with Crippen molar-refractivity contribution in [3.63, 3.8) is 0 Å². The van der Waals surface area contributed by atoms with Crippen molar-refractivity contribution in [3.8, 4) is 5.88 Å². The van der Waals surface area contributed by atoms with Crippen LogP contribution in [0.15, 0.2) is 6.33 Å². The zero-order valence-electron chi connectivity index (χ0n) is 10.5. The van der Waals surface area contributed by atoms with Crippen molar-refractivity contribution in [2.45, 2.75) is 0 Å². The molecule has 7 heteroatoms. The quantitative estimate of drug-likeness (QED) is 0.802. The zero-order chi connectivity index (χ0) is 12.5. The Bertz CT molecular complexity index is 549. The fourth-order valence-electron chi connectivity index (χ4n) is 2.00. The molecule has 6 nitrogen and oxygen atoms in total. The normalized spacial score (nSPS) is 17.3. The number of hydrogen-bond donors (Lipinski definition) is 0. The highest BCUT2D eigenvalue weighted by Gasteiger charge is 2.19. The summed E-state index contributed by atoms with van der Waals surface area (Å²) in [5.41, 5.74) is 0.723. The number of thiazole rings is 1. The van der Waals surface area contributed by atoms with Gasteiger partial charge in [-0.1, -0.05) is 11.3 Å². The Morgan fingerprint density at radius 2 is 2.00 bits per heavy atom. The van der Waals surface area contributed by atoms with E-state index in [1.807, 2.05) is 0 Å². The van der Waals surface area contributed by atoms with E-state index in [0.29, 0.717) is 5.88 Å². The van der Waals surface area contributed by atoms with Gasteiger partial charge in [-0.15, -0.1) is 0 Å². The molecule has 3 heterocycles. The number of aromatic nitrogens is 3. The van der Waals surface area contributed by atoms with Crippen molar-refractivity contribution in [1.82, 2.24) is 19.9 Å². The second-order valence-corrected chi connectivity index (χ2v) is 5.30. The van der Waals surface area contributed by atoms with Gasteiger partial charge < -0.3 is 14.5 Å².